The van der Waals surface area contributed by atoms with Crippen molar-refractivity contribution < 1.29 is 9.59 Å². The number of hydrogen-bond acceptors (Lipinski definition) is 2. The van der Waals surface area contributed by atoms with E-state index in [0.717, 1.165) is 5.56 Å². The average molecular weight is 218 g/mol. The second-order valence-corrected chi connectivity index (χ2v) is 4.07. The summed E-state index contributed by atoms with van der Waals surface area (Å²) >= 11 is 0. The third-order valence-electron chi connectivity index (χ3n) is 2.85. The Labute approximate surface area is 94.2 Å². The van der Waals surface area contributed by atoms with Crippen LogP contribution >= 0.6 is 0 Å². The molecule has 0 spiro atoms. The van der Waals surface area contributed by atoms with Crippen LogP contribution in [0.15, 0.2) is 24.3 Å². The van der Waals surface area contributed by atoms with E-state index in [1.54, 1.807) is 0 Å². The molecule has 1 heterocycles. The molecule has 0 radical (unpaired) electrons. The fraction of sp³-hybridized carbons (Fsp3) is 0.333. The molecule has 1 aliphatic rings. The Bertz CT molecular complexity index is 425. The van der Waals surface area contributed by atoms with Crippen LogP contribution in [-0.2, 0) is 4.79 Å². The molecule has 3 amide bonds. The summed E-state index contributed by atoms with van der Waals surface area (Å²) in [6, 6.07) is 7.58. The normalized spacial score (nSPS) is 17.5. The van der Waals surface area contributed by atoms with Gasteiger partial charge in [0.1, 0.15) is 6.54 Å². The summed E-state index contributed by atoms with van der Waals surface area (Å²) < 4.78 is 0. The zero-order valence-corrected chi connectivity index (χ0v) is 9.36. The molecule has 1 unspecified atom stereocenters. The maximum Gasteiger partial charge on any atom is 0.325 e. The van der Waals surface area contributed by atoms with Crippen molar-refractivity contribution >= 4 is 11.9 Å². The van der Waals surface area contributed by atoms with Crippen LogP contribution in [0.1, 0.15) is 24.1 Å². The van der Waals surface area contributed by atoms with Crippen LogP contribution < -0.4 is 5.32 Å². The molecule has 0 saturated carbocycles. The largest absolute Gasteiger partial charge is 0.325 e. The van der Waals surface area contributed by atoms with Gasteiger partial charge < -0.3 is 4.90 Å². The maximum absolute atomic E-state index is 11.5. The number of carbonyl (C=O) groups is 2. The van der Waals surface area contributed by atoms with E-state index in [9.17, 15) is 9.59 Å². The van der Waals surface area contributed by atoms with Gasteiger partial charge >= 0.3 is 6.03 Å². The lowest BCUT2D eigenvalue weighted by Gasteiger charge is -2.22. The van der Waals surface area contributed by atoms with Crippen molar-refractivity contribution in [1.29, 1.82) is 0 Å². The van der Waals surface area contributed by atoms with E-state index in [-0.39, 0.29) is 24.5 Å². The Balaban J connectivity index is 2.19. The Morgan fingerprint density at radius 3 is 2.38 bits per heavy atom. The molecule has 1 N–H and O–H groups in total. The second kappa shape index (κ2) is 3.96. The number of carbonyl (C=O) groups excluding carboxylic acids is 2. The minimum absolute atomic E-state index is 0.0768. The molecule has 1 saturated heterocycles. The summed E-state index contributed by atoms with van der Waals surface area (Å²) in [6.07, 6.45) is 0. The molecule has 1 aromatic rings. The Hall–Kier alpha value is -1.84. The lowest BCUT2D eigenvalue weighted by molar-refractivity contribution is -0.118. The Kier molecular flexibility index (Phi) is 2.64. The van der Waals surface area contributed by atoms with Gasteiger partial charge in [-0.1, -0.05) is 29.8 Å². The quantitative estimate of drug-likeness (QED) is 0.767. The van der Waals surface area contributed by atoms with Crippen molar-refractivity contribution in [2.24, 2.45) is 0 Å². The minimum atomic E-state index is -0.307. The third-order valence-corrected chi connectivity index (χ3v) is 2.85. The molecule has 1 aliphatic heterocycles. The van der Waals surface area contributed by atoms with Crippen molar-refractivity contribution in [2.75, 3.05) is 6.54 Å². The number of rotatable bonds is 2. The summed E-state index contributed by atoms with van der Waals surface area (Å²) in [5.41, 5.74) is 2.22. The highest BCUT2D eigenvalue weighted by molar-refractivity contribution is 6.02. The number of aryl methyl sites for hydroxylation is 1. The Morgan fingerprint density at radius 2 is 1.88 bits per heavy atom. The molecule has 4 heteroatoms. The first-order chi connectivity index (χ1) is 7.58. The highest BCUT2D eigenvalue weighted by Crippen LogP contribution is 2.22. The SMILES string of the molecule is Cc1ccc(C(C)N2CC(=O)NC2=O)cc1. The van der Waals surface area contributed by atoms with Crippen molar-refractivity contribution in [3.8, 4) is 0 Å². The van der Waals surface area contributed by atoms with E-state index >= 15 is 0 Å². The van der Waals surface area contributed by atoms with E-state index in [4.69, 9.17) is 0 Å². The molecule has 1 fully saturated rings. The minimum Gasteiger partial charge on any atom is -0.308 e. The summed E-state index contributed by atoms with van der Waals surface area (Å²) in [5, 5.41) is 2.28. The summed E-state index contributed by atoms with van der Waals surface area (Å²) in [6.45, 7) is 4.08. The number of nitrogens with one attached hydrogen (secondary N) is 1. The first-order valence-electron chi connectivity index (χ1n) is 5.25. The van der Waals surface area contributed by atoms with Gasteiger partial charge in [0.15, 0.2) is 0 Å². The zero-order chi connectivity index (χ0) is 11.7. The average Bonchev–Trinajstić information content (AvgIpc) is 2.58. The second-order valence-electron chi connectivity index (χ2n) is 4.07. The maximum atomic E-state index is 11.5. The molecule has 2 rings (SSSR count). The summed E-state index contributed by atoms with van der Waals surface area (Å²) in [7, 11) is 0. The molecule has 1 atom stereocenters. The molecule has 0 aliphatic carbocycles. The predicted octanol–water partition coefficient (Wildman–Crippen LogP) is 1.61. The van der Waals surface area contributed by atoms with Gasteiger partial charge in [0.05, 0.1) is 6.04 Å². The number of hydrogen-bond donors (Lipinski definition) is 1. The lowest BCUT2D eigenvalue weighted by atomic mass is 10.1. The smallest absolute Gasteiger partial charge is 0.308 e. The van der Waals surface area contributed by atoms with Crippen LogP contribution in [0, 0.1) is 6.92 Å². The fourth-order valence-corrected chi connectivity index (χ4v) is 1.79. The van der Waals surface area contributed by atoms with Crippen molar-refractivity contribution in [2.45, 2.75) is 19.9 Å². The van der Waals surface area contributed by atoms with Gasteiger partial charge in [0, 0.05) is 0 Å². The van der Waals surface area contributed by atoms with Crippen LogP contribution in [0.25, 0.3) is 0 Å². The van der Waals surface area contributed by atoms with Gasteiger partial charge in [0.2, 0.25) is 5.91 Å². The fourth-order valence-electron chi connectivity index (χ4n) is 1.79. The van der Waals surface area contributed by atoms with Crippen molar-refractivity contribution in [3.63, 3.8) is 0 Å². The zero-order valence-electron chi connectivity index (χ0n) is 9.36. The standard InChI is InChI=1S/C12H14N2O2/c1-8-3-5-10(6-4-8)9(2)14-7-11(15)13-12(14)16/h3-6,9H,7H2,1-2H3,(H,13,15,16). The molecular weight excluding hydrogens is 204 g/mol. The molecule has 0 aromatic heterocycles. The number of urea groups is 1. The van der Waals surface area contributed by atoms with Gasteiger partial charge in [-0.05, 0) is 19.4 Å². The summed E-state index contributed by atoms with van der Waals surface area (Å²) in [5.74, 6) is -0.232. The van der Waals surface area contributed by atoms with Crippen LogP contribution in [-0.4, -0.2) is 23.4 Å². The molecule has 84 valence electrons. The van der Waals surface area contributed by atoms with E-state index in [2.05, 4.69) is 5.32 Å². The summed E-state index contributed by atoms with van der Waals surface area (Å²) in [4.78, 5) is 24.1. The van der Waals surface area contributed by atoms with Gasteiger partial charge in [-0.2, -0.15) is 0 Å². The molecule has 1 aromatic carbocycles. The number of amides is 3. The molecule has 16 heavy (non-hydrogen) atoms. The number of benzene rings is 1. The van der Waals surface area contributed by atoms with Crippen LogP contribution in [0.4, 0.5) is 4.79 Å². The molecule has 0 bridgehead atoms. The Morgan fingerprint density at radius 1 is 1.25 bits per heavy atom. The van der Waals surface area contributed by atoms with Crippen molar-refractivity contribution in [3.05, 3.63) is 35.4 Å². The van der Waals surface area contributed by atoms with Gasteiger partial charge in [-0.15, -0.1) is 0 Å². The molecule has 4 nitrogen and oxygen atoms in total. The van der Waals surface area contributed by atoms with E-state index < -0.39 is 0 Å². The van der Waals surface area contributed by atoms with Crippen LogP contribution in [0.2, 0.25) is 0 Å². The van der Waals surface area contributed by atoms with E-state index in [0.29, 0.717) is 0 Å². The first kappa shape index (κ1) is 10.7. The highest BCUT2D eigenvalue weighted by Gasteiger charge is 2.30. The first-order valence-corrected chi connectivity index (χ1v) is 5.25. The molecular formula is C12H14N2O2. The lowest BCUT2D eigenvalue weighted by Crippen LogP contribution is -2.30. The predicted molar refractivity (Wildman–Crippen MR) is 59.8 cm³/mol. The number of imide groups is 1. The van der Waals surface area contributed by atoms with Gasteiger partial charge in [-0.3, -0.25) is 10.1 Å². The van der Waals surface area contributed by atoms with Crippen LogP contribution in [0.3, 0.4) is 0 Å². The van der Waals surface area contributed by atoms with Crippen LogP contribution in [0.5, 0.6) is 0 Å². The highest BCUT2D eigenvalue weighted by atomic mass is 16.2. The van der Waals surface area contributed by atoms with Crippen molar-refractivity contribution in [1.82, 2.24) is 10.2 Å². The van der Waals surface area contributed by atoms with Gasteiger partial charge in [-0.25, -0.2) is 4.79 Å². The van der Waals surface area contributed by atoms with Gasteiger partial charge in [0.25, 0.3) is 0 Å². The van der Waals surface area contributed by atoms with E-state index in [1.807, 2.05) is 38.1 Å². The third kappa shape index (κ3) is 1.91. The van der Waals surface area contributed by atoms with E-state index in [1.165, 1.54) is 10.5 Å². The topological polar surface area (TPSA) is 49.4 Å². The monoisotopic (exact) mass is 218 g/mol. The number of nitrogens with zero attached hydrogens (tertiary/aromatic N) is 1.